The summed E-state index contributed by atoms with van der Waals surface area (Å²) in [6.07, 6.45) is 4.82. The van der Waals surface area contributed by atoms with Gasteiger partial charge in [0.2, 0.25) is 0 Å². The molecule has 26 heavy (non-hydrogen) atoms. The Morgan fingerprint density at radius 3 is 2.73 bits per heavy atom. The molecule has 0 amide bonds. The molecule has 1 fully saturated rings. The van der Waals surface area contributed by atoms with E-state index in [1.54, 1.807) is 0 Å². The van der Waals surface area contributed by atoms with Gasteiger partial charge in [0.1, 0.15) is 12.1 Å². The lowest BCUT2D eigenvalue weighted by molar-refractivity contribution is 0.0615. The van der Waals surface area contributed by atoms with Crippen molar-refractivity contribution in [1.82, 2.24) is 14.6 Å². The second-order valence-corrected chi connectivity index (χ2v) is 6.95. The first kappa shape index (κ1) is 16.9. The molecule has 1 aliphatic heterocycles. The lowest BCUT2D eigenvalue weighted by atomic mass is 9.96. The minimum Gasteiger partial charge on any atom is -0.408 e. The highest BCUT2D eigenvalue weighted by molar-refractivity contribution is 5.74. The minimum absolute atomic E-state index is 0.217. The number of hydrogen-bond donors (Lipinski definition) is 1. The summed E-state index contributed by atoms with van der Waals surface area (Å²) in [5, 5.41) is 0. The van der Waals surface area contributed by atoms with Crippen LogP contribution in [0.1, 0.15) is 24.8 Å². The molecule has 5 nitrogen and oxygen atoms in total. The molecule has 2 heterocycles. The van der Waals surface area contributed by atoms with E-state index in [1.807, 2.05) is 24.3 Å². The molecule has 2 aromatic carbocycles. The van der Waals surface area contributed by atoms with Crippen LogP contribution in [0.15, 0.2) is 59.4 Å². The van der Waals surface area contributed by atoms with Gasteiger partial charge in [-0.1, -0.05) is 48.9 Å². The average Bonchev–Trinajstić information content (AvgIpc) is 2.99. The van der Waals surface area contributed by atoms with E-state index in [2.05, 4.69) is 40.2 Å². The maximum atomic E-state index is 12.1. The molecule has 3 aromatic rings. The molecule has 5 heteroatoms. The van der Waals surface area contributed by atoms with E-state index in [0.717, 1.165) is 30.5 Å². The minimum atomic E-state index is -0.217. The number of para-hydroxylation sites is 2. The summed E-state index contributed by atoms with van der Waals surface area (Å²) < 4.78 is 1.38. The van der Waals surface area contributed by atoms with Crippen molar-refractivity contribution in [3.05, 3.63) is 70.6 Å². The molecule has 136 valence electrons. The summed E-state index contributed by atoms with van der Waals surface area (Å²) in [6, 6.07) is 18.8. The lowest BCUT2D eigenvalue weighted by Gasteiger charge is -2.35. The second kappa shape index (κ2) is 7.79. The molecule has 4 rings (SSSR count). The third kappa shape index (κ3) is 3.68. The van der Waals surface area contributed by atoms with Gasteiger partial charge in [-0.2, -0.15) is 0 Å². The topological polar surface area (TPSA) is 50.3 Å². The van der Waals surface area contributed by atoms with E-state index in [-0.39, 0.29) is 5.69 Å². The highest BCUT2D eigenvalue weighted by Crippen LogP contribution is 2.20. The number of rotatable bonds is 6. The van der Waals surface area contributed by atoms with Crippen LogP contribution in [0.2, 0.25) is 0 Å². The Kier molecular flexibility index (Phi) is 5.07. The SMILES string of the molecule is O=c1[nH]c2ccccc2n1OCCN1CCCCC1Cc1ccccc1. The number of benzene rings is 2. The molecule has 1 saturated heterocycles. The number of likely N-dealkylation sites (tertiary alicyclic amines) is 1. The van der Waals surface area contributed by atoms with Gasteiger partial charge < -0.3 is 9.82 Å². The van der Waals surface area contributed by atoms with Gasteiger partial charge in [-0.15, -0.1) is 4.73 Å². The van der Waals surface area contributed by atoms with Crippen molar-refractivity contribution in [3.8, 4) is 0 Å². The van der Waals surface area contributed by atoms with Crippen molar-refractivity contribution in [2.24, 2.45) is 0 Å². The monoisotopic (exact) mass is 351 g/mol. The van der Waals surface area contributed by atoms with Gasteiger partial charge in [-0.3, -0.25) is 4.90 Å². The second-order valence-electron chi connectivity index (χ2n) is 6.95. The van der Waals surface area contributed by atoms with E-state index in [4.69, 9.17) is 4.84 Å². The molecule has 0 radical (unpaired) electrons. The quantitative estimate of drug-likeness (QED) is 0.743. The maximum Gasteiger partial charge on any atom is 0.359 e. The number of fused-ring (bicyclic) bond motifs is 1. The van der Waals surface area contributed by atoms with Crippen LogP contribution in [0.3, 0.4) is 0 Å². The maximum absolute atomic E-state index is 12.1. The molecule has 1 aromatic heterocycles. The molecule has 0 spiro atoms. The highest BCUT2D eigenvalue weighted by atomic mass is 16.7. The van der Waals surface area contributed by atoms with Crippen molar-refractivity contribution < 1.29 is 4.84 Å². The Balaban J connectivity index is 1.39. The van der Waals surface area contributed by atoms with Gasteiger partial charge in [-0.25, -0.2) is 4.79 Å². The van der Waals surface area contributed by atoms with E-state index < -0.39 is 0 Å². The Bertz CT molecular complexity index is 900. The first-order chi connectivity index (χ1) is 12.8. The normalized spacial score (nSPS) is 18.2. The number of piperidine rings is 1. The zero-order valence-corrected chi connectivity index (χ0v) is 14.9. The largest absolute Gasteiger partial charge is 0.408 e. The Morgan fingerprint density at radius 1 is 1.04 bits per heavy atom. The van der Waals surface area contributed by atoms with E-state index in [9.17, 15) is 4.79 Å². The van der Waals surface area contributed by atoms with Gasteiger partial charge in [0.15, 0.2) is 0 Å². The third-order valence-electron chi connectivity index (χ3n) is 5.21. The average molecular weight is 351 g/mol. The lowest BCUT2D eigenvalue weighted by Crippen LogP contribution is -2.44. The number of nitrogens with zero attached hydrogens (tertiary/aromatic N) is 2. The molecular weight excluding hydrogens is 326 g/mol. The van der Waals surface area contributed by atoms with Crippen LogP contribution in [0.4, 0.5) is 0 Å². The Labute approximate surface area is 153 Å². The fourth-order valence-electron chi connectivity index (χ4n) is 3.88. The third-order valence-corrected chi connectivity index (χ3v) is 5.21. The van der Waals surface area contributed by atoms with Crippen LogP contribution in [0.25, 0.3) is 11.0 Å². The summed E-state index contributed by atoms with van der Waals surface area (Å²) in [5.41, 5.74) is 2.76. The molecule has 1 unspecified atom stereocenters. The van der Waals surface area contributed by atoms with Crippen LogP contribution < -0.4 is 10.5 Å². The van der Waals surface area contributed by atoms with Gasteiger partial charge in [0.25, 0.3) is 0 Å². The fourth-order valence-corrected chi connectivity index (χ4v) is 3.88. The number of H-pyrrole nitrogens is 1. The number of nitrogens with one attached hydrogen (secondary N) is 1. The predicted octanol–water partition coefficient (Wildman–Crippen LogP) is 2.86. The zero-order valence-electron chi connectivity index (χ0n) is 14.9. The highest BCUT2D eigenvalue weighted by Gasteiger charge is 2.22. The number of aromatic amines is 1. The molecule has 0 bridgehead atoms. The van der Waals surface area contributed by atoms with Crippen molar-refractivity contribution >= 4 is 11.0 Å². The van der Waals surface area contributed by atoms with Crippen LogP contribution in [0.5, 0.6) is 0 Å². The molecular formula is C21H25N3O2. The summed E-state index contributed by atoms with van der Waals surface area (Å²) in [7, 11) is 0. The number of hydrogen-bond acceptors (Lipinski definition) is 3. The fraction of sp³-hybridized carbons (Fsp3) is 0.381. The van der Waals surface area contributed by atoms with E-state index in [0.29, 0.717) is 12.6 Å². The predicted molar refractivity (Wildman–Crippen MR) is 103 cm³/mol. The smallest absolute Gasteiger partial charge is 0.359 e. The Morgan fingerprint density at radius 2 is 1.85 bits per heavy atom. The Hall–Kier alpha value is -2.53. The molecule has 1 atom stereocenters. The number of imidazole rings is 1. The molecule has 0 saturated carbocycles. The van der Waals surface area contributed by atoms with E-state index >= 15 is 0 Å². The van der Waals surface area contributed by atoms with Gasteiger partial charge >= 0.3 is 5.69 Å². The van der Waals surface area contributed by atoms with Crippen LogP contribution >= 0.6 is 0 Å². The van der Waals surface area contributed by atoms with Crippen LogP contribution in [-0.2, 0) is 6.42 Å². The van der Waals surface area contributed by atoms with Crippen LogP contribution in [0, 0.1) is 0 Å². The summed E-state index contributed by atoms with van der Waals surface area (Å²) in [5.74, 6) is 0. The van der Waals surface area contributed by atoms with Crippen molar-refractivity contribution in [2.75, 3.05) is 19.7 Å². The molecule has 1 aliphatic rings. The van der Waals surface area contributed by atoms with Gasteiger partial charge in [0.05, 0.1) is 5.52 Å². The van der Waals surface area contributed by atoms with E-state index in [1.165, 1.54) is 29.6 Å². The summed E-state index contributed by atoms with van der Waals surface area (Å²) in [6.45, 7) is 2.44. The van der Waals surface area contributed by atoms with Crippen molar-refractivity contribution in [2.45, 2.75) is 31.7 Å². The first-order valence-electron chi connectivity index (χ1n) is 9.42. The van der Waals surface area contributed by atoms with Gasteiger partial charge in [-0.05, 0) is 43.5 Å². The summed E-state index contributed by atoms with van der Waals surface area (Å²) in [4.78, 5) is 23.3. The van der Waals surface area contributed by atoms with Gasteiger partial charge in [0, 0.05) is 12.6 Å². The number of aromatic nitrogens is 2. The van der Waals surface area contributed by atoms with Crippen LogP contribution in [-0.4, -0.2) is 40.4 Å². The first-order valence-corrected chi connectivity index (χ1v) is 9.42. The zero-order chi connectivity index (χ0) is 17.8. The standard InChI is InChI=1S/C21H25N3O2/c25-21-22-19-11-4-5-12-20(19)24(21)26-15-14-23-13-7-6-10-18(23)16-17-8-2-1-3-9-17/h1-5,8-9,11-12,18H,6-7,10,13-16H2,(H,22,25). The van der Waals surface area contributed by atoms with Crippen molar-refractivity contribution in [1.29, 1.82) is 0 Å². The summed E-state index contributed by atoms with van der Waals surface area (Å²) >= 11 is 0. The molecule has 0 aliphatic carbocycles. The molecule has 1 N–H and O–H groups in total. The van der Waals surface area contributed by atoms with Crippen molar-refractivity contribution in [3.63, 3.8) is 0 Å².